The van der Waals surface area contributed by atoms with Crippen LogP contribution < -0.4 is 0 Å². The maximum absolute atomic E-state index is 4.41. The SMILES string of the molecule is C=C(CCC)Cc1ccc(C(CC2=CCCCC2)Cc2ccc(C)cc2)cc1CC(=C)CCC. The van der Waals surface area contributed by atoms with E-state index in [-0.39, 0.29) is 0 Å². The van der Waals surface area contributed by atoms with Crippen LogP contribution in [0.4, 0.5) is 0 Å². The second kappa shape index (κ2) is 13.5. The molecule has 0 bridgehead atoms. The molecule has 0 heterocycles. The van der Waals surface area contributed by atoms with Crippen LogP contribution in [0.1, 0.15) is 105 Å². The lowest BCUT2D eigenvalue weighted by atomic mass is 9.81. The van der Waals surface area contributed by atoms with Gasteiger partial charge in [0.25, 0.3) is 0 Å². The second-order valence-corrected chi connectivity index (χ2v) is 10.6. The lowest BCUT2D eigenvalue weighted by molar-refractivity contribution is 0.611. The molecule has 0 heteroatoms. The minimum absolute atomic E-state index is 0.526. The standard InChI is InChI=1S/C34H46/c1-6-11-27(4)21-31-19-20-32(25-33(31)22-28(5)12-7-2)34(23-29-13-9-8-10-14-29)24-30-17-15-26(3)16-18-30/h13,15-20,25,34H,4-12,14,21-24H2,1-3H3. The zero-order valence-electron chi connectivity index (χ0n) is 22.1. The van der Waals surface area contributed by atoms with E-state index >= 15 is 0 Å². The van der Waals surface area contributed by atoms with E-state index in [1.54, 1.807) is 5.57 Å². The van der Waals surface area contributed by atoms with Crippen molar-refractivity contribution in [1.29, 1.82) is 0 Å². The normalized spacial score (nSPS) is 14.5. The van der Waals surface area contributed by atoms with Crippen molar-refractivity contribution in [2.24, 2.45) is 0 Å². The highest BCUT2D eigenvalue weighted by atomic mass is 14.2. The molecule has 3 rings (SSSR count). The fourth-order valence-electron chi connectivity index (χ4n) is 5.38. The van der Waals surface area contributed by atoms with Crippen LogP contribution in [0.25, 0.3) is 0 Å². The Morgan fingerprint density at radius 1 is 0.824 bits per heavy atom. The number of aryl methyl sites for hydroxylation is 1. The Kier molecular flexibility index (Phi) is 10.4. The van der Waals surface area contributed by atoms with E-state index in [1.807, 2.05) is 0 Å². The molecule has 0 radical (unpaired) electrons. The predicted octanol–water partition coefficient (Wildman–Crippen LogP) is 10.0. The van der Waals surface area contributed by atoms with Crippen LogP contribution in [0.3, 0.4) is 0 Å². The van der Waals surface area contributed by atoms with Gasteiger partial charge in [0.05, 0.1) is 0 Å². The average molecular weight is 455 g/mol. The first-order valence-corrected chi connectivity index (χ1v) is 13.7. The van der Waals surface area contributed by atoms with Gasteiger partial charge in [0.15, 0.2) is 0 Å². The quantitative estimate of drug-likeness (QED) is 0.264. The van der Waals surface area contributed by atoms with Gasteiger partial charge < -0.3 is 0 Å². The van der Waals surface area contributed by atoms with E-state index in [1.165, 1.54) is 83.9 Å². The van der Waals surface area contributed by atoms with Crippen molar-refractivity contribution in [3.8, 4) is 0 Å². The molecular formula is C34H46. The molecule has 0 saturated heterocycles. The predicted molar refractivity (Wildman–Crippen MR) is 151 cm³/mol. The maximum atomic E-state index is 4.41. The Balaban J connectivity index is 1.93. The van der Waals surface area contributed by atoms with Crippen molar-refractivity contribution in [2.75, 3.05) is 0 Å². The van der Waals surface area contributed by atoms with Crippen molar-refractivity contribution >= 4 is 0 Å². The van der Waals surface area contributed by atoms with Gasteiger partial charge in [-0.2, -0.15) is 0 Å². The van der Waals surface area contributed by atoms with Crippen LogP contribution in [-0.2, 0) is 19.3 Å². The van der Waals surface area contributed by atoms with Crippen molar-refractivity contribution in [1.82, 2.24) is 0 Å². The van der Waals surface area contributed by atoms with Gasteiger partial charge in [-0.15, -0.1) is 0 Å². The molecule has 2 aromatic carbocycles. The summed E-state index contributed by atoms with van der Waals surface area (Å²) >= 11 is 0. The van der Waals surface area contributed by atoms with E-state index in [0.29, 0.717) is 5.92 Å². The van der Waals surface area contributed by atoms with Crippen LogP contribution in [0.15, 0.2) is 78.4 Å². The third kappa shape index (κ3) is 8.15. The summed E-state index contributed by atoms with van der Waals surface area (Å²) in [6.45, 7) is 15.4. The van der Waals surface area contributed by atoms with Crippen molar-refractivity contribution in [3.63, 3.8) is 0 Å². The molecule has 0 N–H and O–H groups in total. The zero-order valence-corrected chi connectivity index (χ0v) is 22.1. The van der Waals surface area contributed by atoms with E-state index < -0.39 is 0 Å². The summed E-state index contributed by atoms with van der Waals surface area (Å²) in [4.78, 5) is 0. The monoisotopic (exact) mass is 454 g/mol. The van der Waals surface area contributed by atoms with E-state index in [0.717, 1.165) is 32.1 Å². The Morgan fingerprint density at radius 2 is 1.50 bits per heavy atom. The minimum atomic E-state index is 0.526. The first kappa shape index (κ1) is 26.3. The topological polar surface area (TPSA) is 0 Å². The van der Waals surface area contributed by atoms with Gasteiger partial charge in [-0.1, -0.05) is 111 Å². The lowest BCUT2D eigenvalue weighted by Gasteiger charge is -2.23. The number of allylic oxidation sites excluding steroid dienone is 4. The van der Waals surface area contributed by atoms with Gasteiger partial charge >= 0.3 is 0 Å². The molecule has 0 aromatic heterocycles. The van der Waals surface area contributed by atoms with Gasteiger partial charge in [0, 0.05) is 0 Å². The number of hydrogen-bond donors (Lipinski definition) is 0. The largest absolute Gasteiger partial charge is 0.0995 e. The first-order valence-electron chi connectivity index (χ1n) is 13.7. The Labute approximate surface area is 209 Å². The summed E-state index contributed by atoms with van der Waals surface area (Å²) in [6.07, 6.45) is 16.6. The summed E-state index contributed by atoms with van der Waals surface area (Å²) in [7, 11) is 0. The Morgan fingerprint density at radius 3 is 2.12 bits per heavy atom. The molecule has 0 nitrogen and oxygen atoms in total. The fraction of sp³-hybridized carbons (Fsp3) is 0.471. The van der Waals surface area contributed by atoms with Crippen LogP contribution in [-0.4, -0.2) is 0 Å². The van der Waals surface area contributed by atoms with E-state index in [9.17, 15) is 0 Å². The summed E-state index contributed by atoms with van der Waals surface area (Å²) in [5.41, 5.74) is 11.6. The molecule has 1 atom stereocenters. The number of hydrogen-bond acceptors (Lipinski definition) is 0. The summed E-state index contributed by atoms with van der Waals surface area (Å²) < 4.78 is 0. The smallest absolute Gasteiger partial charge is 0.00669 e. The van der Waals surface area contributed by atoms with Crippen LogP contribution in [0.5, 0.6) is 0 Å². The highest BCUT2D eigenvalue weighted by Gasteiger charge is 2.18. The average Bonchev–Trinajstić information content (AvgIpc) is 2.82. The van der Waals surface area contributed by atoms with Gasteiger partial charge in [0.1, 0.15) is 0 Å². The molecule has 34 heavy (non-hydrogen) atoms. The minimum Gasteiger partial charge on any atom is -0.0995 e. The lowest BCUT2D eigenvalue weighted by Crippen LogP contribution is -2.08. The van der Waals surface area contributed by atoms with Crippen LogP contribution >= 0.6 is 0 Å². The van der Waals surface area contributed by atoms with Crippen molar-refractivity contribution in [2.45, 2.75) is 104 Å². The highest BCUT2D eigenvalue weighted by Crippen LogP contribution is 2.34. The first-order chi connectivity index (χ1) is 16.5. The molecule has 0 saturated carbocycles. The molecule has 1 unspecified atom stereocenters. The van der Waals surface area contributed by atoms with Crippen LogP contribution in [0.2, 0.25) is 0 Å². The van der Waals surface area contributed by atoms with Gasteiger partial charge in [-0.25, -0.2) is 0 Å². The molecule has 1 aliphatic carbocycles. The molecule has 0 amide bonds. The molecule has 2 aromatic rings. The maximum Gasteiger partial charge on any atom is -0.00669 e. The Bertz CT molecular complexity index is 970. The summed E-state index contributed by atoms with van der Waals surface area (Å²) in [5, 5.41) is 0. The third-order valence-corrected chi connectivity index (χ3v) is 7.29. The van der Waals surface area contributed by atoms with E-state index in [4.69, 9.17) is 0 Å². The molecule has 0 fully saturated rings. The summed E-state index contributed by atoms with van der Waals surface area (Å²) in [5.74, 6) is 0.526. The molecular weight excluding hydrogens is 408 g/mol. The van der Waals surface area contributed by atoms with Gasteiger partial charge in [0.2, 0.25) is 0 Å². The fourth-order valence-corrected chi connectivity index (χ4v) is 5.38. The number of rotatable bonds is 13. The second-order valence-electron chi connectivity index (χ2n) is 10.6. The third-order valence-electron chi connectivity index (χ3n) is 7.29. The zero-order chi connectivity index (χ0) is 24.3. The Hall–Kier alpha value is -2.34. The molecule has 1 aliphatic rings. The molecule has 0 aliphatic heterocycles. The highest BCUT2D eigenvalue weighted by molar-refractivity contribution is 5.39. The molecule has 0 spiro atoms. The number of benzene rings is 2. The van der Waals surface area contributed by atoms with Gasteiger partial charge in [-0.3, -0.25) is 0 Å². The van der Waals surface area contributed by atoms with Crippen molar-refractivity contribution < 1.29 is 0 Å². The van der Waals surface area contributed by atoms with E-state index in [2.05, 4.69) is 82.5 Å². The van der Waals surface area contributed by atoms with Crippen molar-refractivity contribution in [3.05, 3.63) is 106 Å². The summed E-state index contributed by atoms with van der Waals surface area (Å²) in [6, 6.07) is 16.5. The van der Waals surface area contributed by atoms with Gasteiger partial charge in [-0.05, 0) is 99.3 Å². The molecule has 182 valence electrons. The van der Waals surface area contributed by atoms with Crippen LogP contribution in [0, 0.1) is 6.92 Å².